The first-order chi connectivity index (χ1) is 18.4. The van der Waals surface area contributed by atoms with Gasteiger partial charge in [-0.15, -0.1) is 0 Å². The molecule has 0 aromatic rings. The minimum absolute atomic E-state index is 0.737. The lowest BCUT2D eigenvalue weighted by atomic mass is 9.95. The third-order valence-corrected chi connectivity index (χ3v) is 6.36. The van der Waals surface area contributed by atoms with Gasteiger partial charge in [-0.1, -0.05) is 70.9 Å². The van der Waals surface area contributed by atoms with Crippen LogP contribution in [0.2, 0.25) is 0 Å². The van der Waals surface area contributed by atoms with Crippen molar-refractivity contribution in [2.45, 2.75) is 101 Å². The van der Waals surface area contributed by atoms with Crippen molar-refractivity contribution in [2.24, 2.45) is 10.9 Å². The van der Waals surface area contributed by atoms with E-state index >= 15 is 0 Å². The highest BCUT2D eigenvalue weighted by Crippen LogP contribution is 2.41. The van der Waals surface area contributed by atoms with Crippen LogP contribution in [0.5, 0.6) is 0 Å². The molecule has 4 heteroatoms. The fourth-order valence-corrected chi connectivity index (χ4v) is 4.31. The van der Waals surface area contributed by atoms with Gasteiger partial charge in [0.1, 0.15) is 0 Å². The predicted octanol–water partition coefficient (Wildman–Crippen LogP) is 9.08. The van der Waals surface area contributed by atoms with Crippen molar-refractivity contribution >= 4 is 5.71 Å². The monoisotopic (exact) mass is 520 g/mol. The van der Waals surface area contributed by atoms with Crippen LogP contribution in [0.15, 0.2) is 75.6 Å². The van der Waals surface area contributed by atoms with Crippen molar-refractivity contribution in [3.05, 3.63) is 70.6 Å². The summed E-state index contributed by atoms with van der Waals surface area (Å²) in [5.74, 6) is 0.748. The molecule has 0 aromatic carbocycles. The predicted molar refractivity (Wildman–Crippen MR) is 169 cm³/mol. The zero-order valence-corrected chi connectivity index (χ0v) is 26.0. The molecule has 2 aliphatic rings. The number of allylic oxidation sites excluding steroid dienone is 11. The van der Waals surface area contributed by atoms with Gasteiger partial charge >= 0.3 is 0 Å². The number of hydrogen-bond acceptors (Lipinski definition) is 4. The number of piperazine rings is 1. The molecule has 0 aromatic heterocycles. The Morgan fingerprint density at radius 2 is 1.66 bits per heavy atom. The van der Waals surface area contributed by atoms with Gasteiger partial charge in [0.2, 0.25) is 0 Å². The van der Waals surface area contributed by atoms with Crippen LogP contribution in [0.1, 0.15) is 101 Å². The van der Waals surface area contributed by atoms with E-state index in [0.717, 1.165) is 69.1 Å². The summed E-state index contributed by atoms with van der Waals surface area (Å²) in [7, 11) is 0. The van der Waals surface area contributed by atoms with Crippen molar-refractivity contribution in [1.82, 2.24) is 10.2 Å². The van der Waals surface area contributed by atoms with Gasteiger partial charge in [-0.05, 0) is 83.4 Å². The largest absolute Gasteiger partial charge is 0.372 e. The number of hydrogen-bond donors (Lipinski definition) is 1. The molecule has 1 aliphatic heterocycles. The first kappa shape index (κ1) is 35.4. The van der Waals surface area contributed by atoms with Gasteiger partial charge in [-0.25, -0.2) is 0 Å². The lowest BCUT2D eigenvalue weighted by Gasteiger charge is -2.32. The van der Waals surface area contributed by atoms with Gasteiger partial charge in [-0.2, -0.15) is 5.26 Å². The molecule has 0 atom stereocenters. The van der Waals surface area contributed by atoms with E-state index < -0.39 is 0 Å². The fourth-order valence-electron chi connectivity index (χ4n) is 4.31. The Morgan fingerprint density at radius 1 is 1.03 bits per heavy atom. The number of nitriles is 1. The van der Waals surface area contributed by atoms with Crippen LogP contribution in [-0.4, -0.2) is 36.8 Å². The summed E-state index contributed by atoms with van der Waals surface area (Å²) >= 11 is 0. The highest BCUT2D eigenvalue weighted by molar-refractivity contribution is 6.03. The second kappa shape index (κ2) is 22.4. The van der Waals surface area contributed by atoms with Crippen LogP contribution in [0, 0.1) is 17.2 Å². The van der Waals surface area contributed by atoms with Crippen LogP contribution < -0.4 is 5.32 Å². The van der Waals surface area contributed by atoms with E-state index in [4.69, 9.17) is 10.3 Å². The van der Waals surface area contributed by atoms with E-state index in [0.29, 0.717) is 0 Å². The topological polar surface area (TPSA) is 51.4 Å². The molecule has 1 N–H and O–H groups in total. The standard InChI is InChI=1S/C19H31N3.C13H19N.C2H6/c1-5-7-10-21-15(3)19(18(6-2)17-8-9-17)16(4)22-13-11-20-12-14-22;1-4-6-7-9-13(11-14)10-12(3)8-5-2;1-2/h6-7,10,17,20H,5,8-9,11-14H2,1-4H3;6-7,9-10H,4-5,8H2,1-3H3;1-2H3/b10-7+,18-6-,19-16-,21-15+;7-6+,12-10+,13-9+;. The SMILES string of the molecule is CC.CC/C=C/C=C(C#N)\C=C(/C)CCC.C\C=C(C(/C(C)=N/C=C/CC)=C(/C)N1CCNCC1)\C1CC1. The van der Waals surface area contributed by atoms with Crippen LogP contribution in [0.3, 0.4) is 0 Å². The number of nitrogens with one attached hydrogen (secondary N) is 1. The molecule has 0 amide bonds. The van der Waals surface area contributed by atoms with Crippen LogP contribution >= 0.6 is 0 Å². The Labute approximate surface area is 235 Å². The molecule has 1 saturated carbocycles. The average Bonchev–Trinajstić information content (AvgIpc) is 3.78. The maximum atomic E-state index is 8.85. The molecule has 0 bridgehead atoms. The summed E-state index contributed by atoms with van der Waals surface area (Å²) in [6.07, 6.45) is 21.1. The lowest BCUT2D eigenvalue weighted by molar-refractivity contribution is 0.298. The van der Waals surface area contributed by atoms with E-state index in [9.17, 15) is 0 Å². The molecular weight excluding hydrogens is 464 g/mol. The molecule has 1 aliphatic carbocycles. The summed E-state index contributed by atoms with van der Waals surface area (Å²) in [5, 5.41) is 12.3. The minimum Gasteiger partial charge on any atom is -0.372 e. The molecule has 1 heterocycles. The fraction of sp³-hybridized carbons (Fsp3) is 0.588. The molecule has 2 rings (SSSR count). The van der Waals surface area contributed by atoms with E-state index in [1.165, 1.54) is 35.3 Å². The summed E-state index contributed by atoms with van der Waals surface area (Å²) < 4.78 is 0. The molecule has 1 saturated heterocycles. The molecule has 0 spiro atoms. The molecular formula is C34H56N4. The van der Waals surface area contributed by atoms with Crippen molar-refractivity contribution in [2.75, 3.05) is 26.2 Å². The van der Waals surface area contributed by atoms with Gasteiger partial charge in [-0.3, -0.25) is 4.99 Å². The second-order valence-electron chi connectivity index (χ2n) is 9.53. The molecule has 4 nitrogen and oxygen atoms in total. The van der Waals surface area contributed by atoms with E-state index in [-0.39, 0.29) is 0 Å². The second-order valence-corrected chi connectivity index (χ2v) is 9.53. The van der Waals surface area contributed by atoms with Gasteiger partial charge in [0.25, 0.3) is 0 Å². The number of nitrogens with zero attached hydrogens (tertiary/aromatic N) is 3. The average molecular weight is 521 g/mol. The quantitative estimate of drug-likeness (QED) is 0.168. The van der Waals surface area contributed by atoms with Gasteiger partial charge in [0, 0.05) is 49.4 Å². The van der Waals surface area contributed by atoms with Crippen molar-refractivity contribution in [3.8, 4) is 6.07 Å². The zero-order valence-electron chi connectivity index (χ0n) is 26.0. The minimum atomic E-state index is 0.737. The first-order valence-corrected chi connectivity index (χ1v) is 14.9. The summed E-state index contributed by atoms with van der Waals surface area (Å²) in [6, 6.07) is 2.18. The Hall–Kier alpha value is -2.64. The van der Waals surface area contributed by atoms with Crippen LogP contribution in [0.4, 0.5) is 0 Å². The Bertz CT molecular complexity index is 909. The van der Waals surface area contributed by atoms with E-state index in [2.05, 4.69) is 76.9 Å². The highest BCUT2D eigenvalue weighted by Gasteiger charge is 2.30. The van der Waals surface area contributed by atoms with Gasteiger partial charge in [0.05, 0.1) is 11.6 Å². The highest BCUT2D eigenvalue weighted by atomic mass is 15.2. The maximum absolute atomic E-state index is 8.85. The van der Waals surface area contributed by atoms with Crippen molar-refractivity contribution in [1.29, 1.82) is 5.26 Å². The smallest absolute Gasteiger partial charge is 0.0991 e. The van der Waals surface area contributed by atoms with Crippen molar-refractivity contribution < 1.29 is 0 Å². The number of aliphatic imine (C=N–C) groups is 1. The number of rotatable bonds is 11. The van der Waals surface area contributed by atoms with Crippen LogP contribution in [-0.2, 0) is 0 Å². The Morgan fingerprint density at radius 3 is 2.16 bits per heavy atom. The van der Waals surface area contributed by atoms with E-state index in [1.807, 2.05) is 44.4 Å². The van der Waals surface area contributed by atoms with Gasteiger partial charge < -0.3 is 10.2 Å². The Balaban J connectivity index is 0.000000743. The molecule has 38 heavy (non-hydrogen) atoms. The first-order valence-electron chi connectivity index (χ1n) is 14.9. The van der Waals surface area contributed by atoms with Gasteiger partial charge in [0.15, 0.2) is 0 Å². The Kier molecular flexibility index (Phi) is 20.8. The van der Waals surface area contributed by atoms with Crippen molar-refractivity contribution in [3.63, 3.8) is 0 Å². The summed E-state index contributed by atoms with van der Waals surface area (Å²) in [4.78, 5) is 7.22. The maximum Gasteiger partial charge on any atom is 0.0991 e. The molecule has 0 unspecified atom stereocenters. The summed E-state index contributed by atoms with van der Waals surface area (Å²) in [5.41, 5.74) is 7.44. The van der Waals surface area contributed by atoms with Crippen LogP contribution in [0.25, 0.3) is 0 Å². The third kappa shape index (κ3) is 14.3. The molecule has 2 fully saturated rings. The summed E-state index contributed by atoms with van der Waals surface area (Å²) in [6.45, 7) is 23.4. The molecule has 212 valence electrons. The third-order valence-electron chi connectivity index (χ3n) is 6.36. The molecule has 0 radical (unpaired) electrons. The van der Waals surface area contributed by atoms with E-state index in [1.54, 1.807) is 0 Å². The normalized spacial score (nSPS) is 17.9. The zero-order chi connectivity index (χ0) is 28.8. The lowest BCUT2D eigenvalue weighted by Crippen LogP contribution is -2.43.